The molecule has 0 aliphatic rings. The number of benzene rings is 1. The molecule has 1 atom stereocenters. The Morgan fingerprint density at radius 2 is 2.05 bits per heavy atom. The number of nitrogens with zero attached hydrogens (tertiary/aromatic N) is 3. The summed E-state index contributed by atoms with van der Waals surface area (Å²) in [5, 5.41) is 13.7. The molecule has 1 aromatic carbocycles. The SMILES string of the molecule is CNC(C)CNC(=O)c1cn(Cc2ccccc2)nn1.Cl. The smallest absolute Gasteiger partial charge is 0.273 e. The van der Waals surface area contributed by atoms with Crippen LogP contribution < -0.4 is 10.6 Å². The van der Waals surface area contributed by atoms with Gasteiger partial charge in [0.15, 0.2) is 5.69 Å². The second kappa shape index (κ2) is 8.39. The number of rotatable bonds is 6. The minimum atomic E-state index is -0.202. The highest BCUT2D eigenvalue weighted by Crippen LogP contribution is 2.02. The van der Waals surface area contributed by atoms with Crippen LogP contribution in [0.2, 0.25) is 0 Å². The molecular weight excluding hydrogens is 290 g/mol. The number of hydrogen-bond donors (Lipinski definition) is 2. The van der Waals surface area contributed by atoms with E-state index in [9.17, 15) is 4.79 Å². The van der Waals surface area contributed by atoms with Crippen LogP contribution >= 0.6 is 12.4 Å². The van der Waals surface area contributed by atoms with Gasteiger partial charge in [0.1, 0.15) is 0 Å². The molecule has 1 unspecified atom stereocenters. The molecule has 0 radical (unpaired) electrons. The molecule has 0 saturated carbocycles. The summed E-state index contributed by atoms with van der Waals surface area (Å²) >= 11 is 0. The van der Waals surface area contributed by atoms with Crippen molar-refractivity contribution in [2.75, 3.05) is 13.6 Å². The Morgan fingerprint density at radius 3 is 2.71 bits per heavy atom. The first-order valence-electron chi connectivity index (χ1n) is 6.58. The zero-order chi connectivity index (χ0) is 14.4. The van der Waals surface area contributed by atoms with E-state index in [-0.39, 0.29) is 24.4 Å². The van der Waals surface area contributed by atoms with Crippen molar-refractivity contribution in [3.8, 4) is 0 Å². The highest BCUT2D eigenvalue weighted by molar-refractivity contribution is 5.91. The van der Waals surface area contributed by atoms with E-state index in [1.165, 1.54) is 0 Å². The highest BCUT2D eigenvalue weighted by atomic mass is 35.5. The molecule has 6 nitrogen and oxygen atoms in total. The lowest BCUT2D eigenvalue weighted by Gasteiger charge is -2.09. The molecule has 0 aliphatic heterocycles. The van der Waals surface area contributed by atoms with Gasteiger partial charge in [0.2, 0.25) is 0 Å². The van der Waals surface area contributed by atoms with Crippen molar-refractivity contribution >= 4 is 18.3 Å². The maximum Gasteiger partial charge on any atom is 0.273 e. The average Bonchev–Trinajstić information content (AvgIpc) is 2.94. The standard InChI is InChI=1S/C14H19N5O.ClH/c1-11(15-2)8-16-14(20)13-10-19(18-17-13)9-12-6-4-3-5-7-12;/h3-7,10-11,15H,8-9H2,1-2H3,(H,16,20);1H. The van der Waals surface area contributed by atoms with E-state index >= 15 is 0 Å². The molecule has 2 N–H and O–H groups in total. The maximum atomic E-state index is 11.9. The van der Waals surface area contributed by atoms with Crippen LogP contribution in [0.4, 0.5) is 0 Å². The number of nitrogens with one attached hydrogen (secondary N) is 2. The third-order valence-electron chi connectivity index (χ3n) is 3.02. The van der Waals surface area contributed by atoms with Crippen molar-refractivity contribution in [3.05, 3.63) is 47.8 Å². The van der Waals surface area contributed by atoms with Gasteiger partial charge in [-0.1, -0.05) is 35.5 Å². The summed E-state index contributed by atoms with van der Waals surface area (Å²) in [7, 11) is 1.85. The van der Waals surface area contributed by atoms with Crippen LogP contribution in [0, 0.1) is 0 Å². The molecule has 2 rings (SSSR count). The first-order valence-corrected chi connectivity index (χ1v) is 6.58. The Morgan fingerprint density at radius 1 is 1.33 bits per heavy atom. The van der Waals surface area contributed by atoms with Gasteiger partial charge in [-0.3, -0.25) is 4.79 Å². The normalized spacial score (nSPS) is 11.5. The second-order valence-corrected chi connectivity index (χ2v) is 4.69. The third-order valence-corrected chi connectivity index (χ3v) is 3.02. The molecular formula is C14H20ClN5O. The number of carbonyl (C=O) groups is 1. The molecule has 1 aromatic heterocycles. The van der Waals surface area contributed by atoms with Crippen molar-refractivity contribution in [3.63, 3.8) is 0 Å². The van der Waals surface area contributed by atoms with E-state index in [0.29, 0.717) is 18.8 Å². The Labute approximate surface area is 130 Å². The molecule has 21 heavy (non-hydrogen) atoms. The Balaban J connectivity index is 0.00000220. The van der Waals surface area contributed by atoms with Gasteiger partial charge in [0, 0.05) is 12.6 Å². The lowest BCUT2D eigenvalue weighted by atomic mass is 10.2. The number of carbonyl (C=O) groups excluding carboxylic acids is 1. The van der Waals surface area contributed by atoms with Gasteiger partial charge in [0.25, 0.3) is 5.91 Å². The number of halogens is 1. The predicted molar refractivity (Wildman–Crippen MR) is 83.7 cm³/mol. The molecule has 1 amide bonds. The number of amides is 1. The minimum absolute atomic E-state index is 0. The van der Waals surface area contributed by atoms with E-state index in [2.05, 4.69) is 20.9 Å². The molecule has 1 heterocycles. The van der Waals surface area contributed by atoms with E-state index in [0.717, 1.165) is 5.56 Å². The van der Waals surface area contributed by atoms with Crippen molar-refractivity contribution in [1.29, 1.82) is 0 Å². The molecule has 2 aromatic rings. The van der Waals surface area contributed by atoms with Crippen molar-refractivity contribution < 1.29 is 4.79 Å². The van der Waals surface area contributed by atoms with Crippen LogP contribution in [-0.2, 0) is 6.54 Å². The summed E-state index contributed by atoms with van der Waals surface area (Å²) in [6, 6.07) is 10.1. The van der Waals surface area contributed by atoms with E-state index in [4.69, 9.17) is 0 Å². The first-order chi connectivity index (χ1) is 9.69. The Hall–Kier alpha value is -1.92. The van der Waals surface area contributed by atoms with Crippen LogP contribution in [0.1, 0.15) is 23.0 Å². The van der Waals surface area contributed by atoms with Crippen LogP contribution in [0.15, 0.2) is 36.5 Å². The van der Waals surface area contributed by atoms with Gasteiger partial charge in [-0.25, -0.2) is 4.68 Å². The van der Waals surface area contributed by atoms with Gasteiger partial charge >= 0.3 is 0 Å². The molecule has 0 spiro atoms. The summed E-state index contributed by atoms with van der Waals surface area (Å²) in [4.78, 5) is 11.9. The van der Waals surface area contributed by atoms with E-state index in [1.807, 2.05) is 44.3 Å². The number of aromatic nitrogens is 3. The van der Waals surface area contributed by atoms with Gasteiger partial charge in [-0.2, -0.15) is 0 Å². The van der Waals surface area contributed by atoms with Gasteiger partial charge in [-0.15, -0.1) is 17.5 Å². The first kappa shape index (κ1) is 17.1. The average molecular weight is 310 g/mol. The summed E-state index contributed by atoms with van der Waals surface area (Å²) in [6.07, 6.45) is 1.66. The summed E-state index contributed by atoms with van der Waals surface area (Å²) < 4.78 is 1.66. The fraction of sp³-hybridized carbons (Fsp3) is 0.357. The van der Waals surface area contributed by atoms with Gasteiger partial charge < -0.3 is 10.6 Å². The quantitative estimate of drug-likeness (QED) is 0.838. The number of likely N-dealkylation sites (N-methyl/N-ethyl adjacent to an activating group) is 1. The summed E-state index contributed by atoms with van der Waals surface area (Å²) in [5.41, 5.74) is 1.46. The van der Waals surface area contributed by atoms with Gasteiger partial charge in [0.05, 0.1) is 12.7 Å². The van der Waals surface area contributed by atoms with Crippen LogP contribution in [0.5, 0.6) is 0 Å². The third kappa shape index (κ3) is 5.17. The zero-order valence-electron chi connectivity index (χ0n) is 12.1. The largest absolute Gasteiger partial charge is 0.349 e. The number of hydrogen-bond acceptors (Lipinski definition) is 4. The van der Waals surface area contributed by atoms with Crippen molar-refractivity contribution in [2.45, 2.75) is 19.5 Å². The molecule has 0 fully saturated rings. The van der Waals surface area contributed by atoms with Crippen molar-refractivity contribution in [2.24, 2.45) is 0 Å². The van der Waals surface area contributed by atoms with Crippen molar-refractivity contribution in [1.82, 2.24) is 25.6 Å². The highest BCUT2D eigenvalue weighted by Gasteiger charge is 2.11. The molecule has 0 saturated heterocycles. The van der Waals surface area contributed by atoms with Crippen LogP contribution in [-0.4, -0.2) is 40.5 Å². The fourth-order valence-electron chi connectivity index (χ4n) is 1.69. The van der Waals surface area contributed by atoms with Gasteiger partial charge in [-0.05, 0) is 19.5 Å². The topological polar surface area (TPSA) is 71.8 Å². The van der Waals surface area contributed by atoms with Crippen LogP contribution in [0.25, 0.3) is 0 Å². The molecule has 0 bridgehead atoms. The summed E-state index contributed by atoms with van der Waals surface area (Å²) in [5.74, 6) is -0.202. The monoisotopic (exact) mass is 309 g/mol. The Kier molecular flexibility index (Phi) is 6.84. The molecule has 0 aliphatic carbocycles. The van der Waals surface area contributed by atoms with E-state index < -0.39 is 0 Å². The van der Waals surface area contributed by atoms with Crippen LogP contribution in [0.3, 0.4) is 0 Å². The Bertz CT molecular complexity index is 558. The fourth-order valence-corrected chi connectivity index (χ4v) is 1.69. The van der Waals surface area contributed by atoms with E-state index in [1.54, 1.807) is 10.9 Å². The lowest BCUT2D eigenvalue weighted by molar-refractivity contribution is 0.0945. The zero-order valence-corrected chi connectivity index (χ0v) is 12.9. The summed E-state index contributed by atoms with van der Waals surface area (Å²) in [6.45, 7) is 3.15. The maximum absolute atomic E-state index is 11.9. The minimum Gasteiger partial charge on any atom is -0.349 e. The molecule has 114 valence electrons. The lowest BCUT2D eigenvalue weighted by Crippen LogP contribution is -2.37. The predicted octanol–water partition coefficient (Wildman–Crippen LogP) is 1.09. The second-order valence-electron chi connectivity index (χ2n) is 4.69. The molecule has 7 heteroatoms.